The highest BCUT2D eigenvalue weighted by Crippen LogP contribution is 2.50. The third-order valence-electron chi connectivity index (χ3n) is 11.5. The maximum Gasteiger partial charge on any atom is 0.161 e. The molecule has 9 nitrogen and oxygen atoms in total. The van der Waals surface area contributed by atoms with E-state index in [-0.39, 0.29) is 28.7 Å². The lowest BCUT2D eigenvalue weighted by molar-refractivity contribution is -0.0173. The number of aryl methyl sites for hydroxylation is 1. The molecular formula is C41H59N3O6. The number of phenols is 1. The highest BCUT2D eigenvalue weighted by molar-refractivity contribution is 5.42. The van der Waals surface area contributed by atoms with Crippen LogP contribution in [0.2, 0.25) is 0 Å². The molecule has 0 unspecified atom stereocenters. The topological polar surface area (TPSA) is 164 Å². The van der Waals surface area contributed by atoms with Crippen LogP contribution in [-0.2, 0) is 11.8 Å². The Bertz CT molecular complexity index is 1470. The second-order valence-corrected chi connectivity index (χ2v) is 14.7. The van der Waals surface area contributed by atoms with Gasteiger partial charge in [0, 0.05) is 42.1 Å². The molecule has 0 radical (unpaired) electrons. The number of aromatic nitrogens is 1. The zero-order valence-electron chi connectivity index (χ0n) is 29.7. The smallest absolute Gasteiger partial charge is 0.161 e. The van der Waals surface area contributed by atoms with Gasteiger partial charge in [-0.1, -0.05) is 57.1 Å². The maximum absolute atomic E-state index is 11.3. The predicted octanol–water partition coefficient (Wildman–Crippen LogP) is 5.32. The van der Waals surface area contributed by atoms with Gasteiger partial charge in [-0.15, -0.1) is 5.92 Å². The van der Waals surface area contributed by atoms with E-state index in [0.29, 0.717) is 50.4 Å². The summed E-state index contributed by atoms with van der Waals surface area (Å²) in [6.45, 7) is 2.26. The molecule has 9 heteroatoms. The number of hydrogen-bond donors (Lipinski definition) is 8. The van der Waals surface area contributed by atoms with Crippen molar-refractivity contribution in [3.8, 4) is 23.3 Å². The number of nitrogens with two attached hydrogens (primary N) is 1. The number of aliphatic hydroxyl groups is 4. The number of dihydropyridines is 1. The minimum atomic E-state index is -1.20. The Balaban J connectivity index is 1.36. The lowest BCUT2D eigenvalue weighted by atomic mass is 9.60. The summed E-state index contributed by atoms with van der Waals surface area (Å²) in [5.41, 5.74) is 9.10. The predicted molar refractivity (Wildman–Crippen MR) is 196 cm³/mol. The standard InChI is InChI=1S/C41H59N3O6/c1-2-28-10-4-5-13-33(46)31(12-8-11-28)34(47)17-15-29-16-18-35(48)37(24-29)50-38(36(49)27-45)26-32(30-19-23-44-40(42)25-30)41(20-6-3-7-21-41)39-14-9-22-43-39/h9,14,16,18-19,22,24-25,28,31-34,36,38,43-49H,2-7,10,12-13,15,17,20-21,23,26-27,42H2,1H3/t28-,31-,32+,33-,34+,36+,38+/m0/s1. The molecule has 9 N–H and O–H groups in total. The van der Waals surface area contributed by atoms with Gasteiger partial charge in [0.2, 0.25) is 0 Å². The van der Waals surface area contributed by atoms with Gasteiger partial charge in [-0.05, 0) is 98.8 Å². The molecule has 0 bridgehead atoms. The first kappa shape index (κ1) is 37.8. The van der Waals surface area contributed by atoms with E-state index in [1.165, 1.54) is 0 Å². The minimum Gasteiger partial charge on any atom is -0.504 e. The molecule has 3 aliphatic rings. The van der Waals surface area contributed by atoms with Crippen LogP contribution in [0.15, 0.2) is 60.1 Å². The van der Waals surface area contributed by atoms with Gasteiger partial charge in [-0.2, -0.15) is 0 Å². The van der Waals surface area contributed by atoms with E-state index in [1.807, 2.05) is 18.3 Å². The van der Waals surface area contributed by atoms with Crippen LogP contribution in [0.4, 0.5) is 0 Å². The van der Waals surface area contributed by atoms with Gasteiger partial charge in [0.1, 0.15) is 12.2 Å². The van der Waals surface area contributed by atoms with Crippen molar-refractivity contribution in [3.63, 3.8) is 0 Å². The number of H-pyrrole nitrogens is 1. The average Bonchev–Trinajstić information content (AvgIpc) is 3.69. The molecule has 50 heavy (non-hydrogen) atoms. The van der Waals surface area contributed by atoms with Crippen LogP contribution < -0.4 is 15.8 Å². The van der Waals surface area contributed by atoms with Gasteiger partial charge in [0.05, 0.1) is 24.6 Å². The first-order valence-electron chi connectivity index (χ1n) is 18.9. The van der Waals surface area contributed by atoms with Crippen molar-refractivity contribution in [2.45, 2.75) is 127 Å². The van der Waals surface area contributed by atoms with Gasteiger partial charge in [-0.25, -0.2) is 0 Å². The Morgan fingerprint density at radius 1 is 1.08 bits per heavy atom. The van der Waals surface area contributed by atoms with Crippen molar-refractivity contribution in [1.29, 1.82) is 0 Å². The third kappa shape index (κ3) is 9.46. The largest absolute Gasteiger partial charge is 0.504 e. The average molecular weight is 690 g/mol. The van der Waals surface area contributed by atoms with Crippen LogP contribution in [0.5, 0.6) is 11.5 Å². The lowest BCUT2D eigenvalue weighted by Gasteiger charge is -2.46. The van der Waals surface area contributed by atoms with Gasteiger partial charge in [0.25, 0.3) is 0 Å². The SMILES string of the molecule is CC[C@@H]1C#CC[C@H]([C@H](O)CCc2ccc(O)c(O[C@H](C[C@H](C3=CCNC(N)=C3)C3(c4ccc[nH]4)CCCCC3)[C@H](O)CO)c2)[C@@H](O)CCCC1. The summed E-state index contributed by atoms with van der Waals surface area (Å²) in [7, 11) is 0. The van der Waals surface area contributed by atoms with E-state index in [1.54, 1.807) is 18.2 Å². The molecule has 5 rings (SSSR count). The summed E-state index contributed by atoms with van der Waals surface area (Å²) in [4.78, 5) is 3.50. The van der Waals surface area contributed by atoms with E-state index in [4.69, 9.17) is 10.5 Å². The van der Waals surface area contributed by atoms with Crippen LogP contribution in [0.25, 0.3) is 0 Å². The summed E-state index contributed by atoms with van der Waals surface area (Å²) in [6.07, 6.45) is 14.4. The fraction of sp³-hybridized carbons (Fsp3) is 0.610. The number of nitrogens with one attached hydrogen (secondary N) is 2. The zero-order valence-corrected chi connectivity index (χ0v) is 29.7. The van der Waals surface area contributed by atoms with Crippen molar-refractivity contribution in [2.75, 3.05) is 13.2 Å². The molecule has 0 spiro atoms. The Labute approximate surface area is 298 Å². The summed E-state index contributed by atoms with van der Waals surface area (Å²) in [5.74, 6) is 7.32. The Hall–Kier alpha value is -3.42. The highest BCUT2D eigenvalue weighted by Gasteiger charge is 2.45. The van der Waals surface area contributed by atoms with E-state index >= 15 is 0 Å². The Morgan fingerprint density at radius 3 is 2.60 bits per heavy atom. The van der Waals surface area contributed by atoms with Crippen LogP contribution in [0.3, 0.4) is 0 Å². The van der Waals surface area contributed by atoms with E-state index in [9.17, 15) is 25.5 Å². The van der Waals surface area contributed by atoms with Gasteiger partial charge >= 0.3 is 0 Å². The molecular weight excluding hydrogens is 630 g/mol. The number of benzene rings is 1. The van der Waals surface area contributed by atoms with Crippen LogP contribution in [-0.4, -0.2) is 68.1 Å². The summed E-state index contributed by atoms with van der Waals surface area (Å²) >= 11 is 0. The first-order valence-corrected chi connectivity index (χ1v) is 18.9. The van der Waals surface area contributed by atoms with Crippen molar-refractivity contribution in [3.05, 3.63) is 71.3 Å². The number of ether oxygens (including phenoxy) is 1. The monoisotopic (exact) mass is 689 g/mol. The third-order valence-corrected chi connectivity index (χ3v) is 11.5. The van der Waals surface area contributed by atoms with Crippen LogP contribution >= 0.6 is 0 Å². The van der Waals surface area contributed by atoms with E-state index < -0.39 is 31.0 Å². The molecule has 0 saturated heterocycles. The molecule has 2 aromatic rings. The molecule has 2 heterocycles. The van der Waals surface area contributed by atoms with Gasteiger partial charge in [-0.3, -0.25) is 0 Å². The van der Waals surface area contributed by atoms with Crippen molar-refractivity contribution in [2.24, 2.45) is 23.5 Å². The fourth-order valence-corrected chi connectivity index (χ4v) is 8.45. The van der Waals surface area contributed by atoms with Gasteiger partial charge < -0.3 is 46.3 Å². The minimum absolute atomic E-state index is 0.0635. The fourth-order valence-electron chi connectivity index (χ4n) is 8.45. The van der Waals surface area contributed by atoms with E-state index in [2.05, 4.69) is 41.2 Å². The molecule has 1 aliphatic heterocycles. The van der Waals surface area contributed by atoms with E-state index in [0.717, 1.165) is 74.6 Å². The van der Waals surface area contributed by atoms with Crippen LogP contribution in [0, 0.1) is 29.6 Å². The number of aliphatic hydroxyl groups excluding tert-OH is 4. The zero-order chi connectivity index (χ0) is 35.5. The maximum atomic E-state index is 11.3. The Kier molecular flexibility index (Phi) is 13.8. The lowest BCUT2D eigenvalue weighted by Crippen LogP contribution is -2.45. The number of allylic oxidation sites excluding steroid dienone is 2. The normalized spacial score (nSPS) is 25.0. The molecule has 1 fully saturated rings. The van der Waals surface area contributed by atoms with Crippen molar-refractivity contribution in [1.82, 2.24) is 10.3 Å². The second kappa shape index (κ2) is 18.2. The number of hydrogen-bond acceptors (Lipinski definition) is 8. The summed E-state index contributed by atoms with van der Waals surface area (Å²) in [5, 5.41) is 57.7. The Morgan fingerprint density at radius 2 is 1.88 bits per heavy atom. The van der Waals surface area contributed by atoms with Gasteiger partial charge in [0.15, 0.2) is 11.5 Å². The molecule has 1 aromatic carbocycles. The molecule has 274 valence electrons. The second-order valence-electron chi connectivity index (χ2n) is 14.7. The summed E-state index contributed by atoms with van der Waals surface area (Å²) < 4.78 is 6.47. The number of aromatic amines is 1. The number of aromatic hydroxyl groups is 1. The van der Waals surface area contributed by atoms with Crippen molar-refractivity contribution >= 4 is 0 Å². The molecule has 7 atom stereocenters. The molecule has 1 aromatic heterocycles. The first-order chi connectivity index (χ1) is 24.2. The summed E-state index contributed by atoms with van der Waals surface area (Å²) in [6, 6.07) is 9.30. The van der Waals surface area contributed by atoms with Crippen molar-refractivity contribution < 1.29 is 30.3 Å². The quantitative estimate of drug-likeness (QED) is 0.124. The molecule has 1 saturated carbocycles. The molecule has 2 aliphatic carbocycles. The highest BCUT2D eigenvalue weighted by atomic mass is 16.5. The number of phenolic OH excluding ortho intramolecular Hbond substituents is 1. The van der Waals surface area contributed by atoms with Crippen LogP contribution in [0.1, 0.15) is 102 Å². The number of rotatable bonds is 14. The molecule has 0 amide bonds.